The molecule has 0 aliphatic carbocycles. The number of nitrogens with one attached hydrogen (secondary N) is 1. The number of amides is 3. The molecule has 0 saturated carbocycles. The molecule has 2 aromatic carbocycles. The molecule has 3 rings (SSSR count). The number of hydrogen-bond acceptors (Lipinski definition) is 6. The van der Waals surface area contributed by atoms with Gasteiger partial charge in [0.1, 0.15) is 5.75 Å². The Morgan fingerprint density at radius 3 is 2.17 bits per heavy atom. The van der Waals surface area contributed by atoms with Crippen molar-refractivity contribution in [1.29, 1.82) is 0 Å². The molecule has 0 aromatic heterocycles. The van der Waals surface area contributed by atoms with Gasteiger partial charge in [-0.15, -0.1) is 0 Å². The quantitative estimate of drug-likeness (QED) is 0.556. The molecule has 8 heteroatoms. The summed E-state index contributed by atoms with van der Waals surface area (Å²) in [5, 5.41) is 2.67. The predicted molar refractivity (Wildman–Crippen MR) is 109 cm³/mol. The number of carbonyl (C=O) groups is 4. The van der Waals surface area contributed by atoms with Crippen LogP contribution in [0.2, 0.25) is 0 Å². The summed E-state index contributed by atoms with van der Waals surface area (Å²) in [7, 11) is 0. The summed E-state index contributed by atoms with van der Waals surface area (Å²) in [6.07, 6.45) is -0.654. The van der Waals surface area contributed by atoms with E-state index in [1.807, 2.05) is 6.92 Å². The summed E-state index contributed by atoms with van der Waals surface area (Å²) >= 11 is 0. The van der Waals surface area contributed by atoms with Gasteiger partial charge in [0, 0.05) is 18.5 Å². The Bertz CT molecular complexity index is 937. The topological polar surface area (TPSA) is 102 Å². The molecule has 1 fully saturated rings. The van der Waals surface area contributed by atoms with Crippen molar-refractivity contribution in [3.05, 3.63) is 54.1 Å². The highest BCUT2D eigenvalue weighted by Crippen LogP contribution is 2.23. The summed E-state index contributed by atoms with van der Waals surface area (Å²) in [6.45, 7) is 3.90. The molecule has 8 nitrogen and oxygen atoms in total. The first-order valence-corrected chi connectivity index (χ1v) is 9.59. The number of ether oxygens (including phenoxy) is 2. The number of anilines is 2. The van der Waals surface area contributed by atoms with E-state index in [0.717, 1.165) is 4.90 Å². The number of carbonyl (C=O) groups excluding carboxylic acids is 4. The Morgan fingerprint density at radius 1 is 1.00 bits per heavy atom. The number of benzene rings is 2. The second-order valence-corrected chi connectivity index (χ2v) is 6.66. The van der Waals surface area contributed by atoms with Gasteiger partial charge in [-0.3, -0.25) is 19.3 Å². The van der Waals surface area contributed by atoms with Gasteiger partial charge in [-0.25, -0.2) is 4.79 Å². The van der Waals surface area contributed by atoms with Gasteiger partial charge in [-0.1, -0.05) is 0 Å². The Morgan fingerprint density at radius 2 is 1.60 bits per heavy atom. The average molecular weight is 410 g/mol. The van der Waals surface area contributed by atoms with Crippen LogP contribution in [0.5, 0.6) is 5.75 Å². The SMILES string of the molecule is CCOc1ccc(NC(=O)C(C)OC(=O)c2ccc(N3C(=O)CCC3=O)cc2)cc1. The lowest BCUT2D eigenvalue weighted by Gasteiger charge is -2.15. The minimum atomic E-state index is -1.02. The average Bonchev–Trinajstić information content (AvgIpc) is 3.07. The summed E-state index contributed by atoms with van der Waals surface area (Å²) in [4.78, 5) is 49.3. The smallest absolute Gasteiger partial charge is 0.338 e. The van der Waals surface area contributed by atoms with Crippen LogP contribution in [0.3, 0.4) is 0 Å². The van der Waals surface area contributed by atoms with Gasteiger partial charge < -0.3 is 14.8 Å². The first kappa shape index (κ1) is 21.0. The van der Waals surface area contributed by atoms with Crippen LogP contribution in [0.4, 0.5) is 11.4 Å². The van der Waals surface area contributed by atoms with Crippen LogP contribution in [0.1, 0.15) is 37.0 Å². The summed E-state index contributed by atoms with van der Waals surface area (Å²) < 4.78 is 10.6. The lowest BCUT2D eigenvalue weighted by molar-refractivity contribution is -0.124. The summed E-state index contributed by atoms with van der Waals surface area (Å²) in [5.74, 6) is -1.01. The molecule has 1 N–H and O–H groups in total. The van der Waals surface area contributed by atoms with Crippen LogP contribution in [0, 0.1) is 0 Å². The van der Waals surface area contributed by atoms with Gasteiger partial charge in [0.15, 0.2) is 6.10 Å². The van der Waals surface area contributed by atoms with Crippen molar-refractivity contribution in [2.24, 2.45) is 0 Å². The molecular weight excluding hydrogens is 388 g/mol. The first-order valence-electron chi connectivity index (χ1n) is 9.59. The molecule has 2 aromatic rings. The Kier molecular flexibility index (Phi) is 6.46. The van der Waals surface area contributed by atoms with E-state index >= 15 is 0 Å². The third-order valence-electron chi connectivity index (χ3n) is 4.50. The van der Waals surface area contributed by atoms with Gasteiger partial charge >= 0.3 is 5.97 Å². The maximum atomic E-state index is 12.3. The summed E-state index contributed by atoms with van der Waals surface area (Å²) in [5.41, 5.74) is 1.16. The fourth-order valence-electron chi connectivity index (χ4n) is 2.94. The van der Waals surface area contributed by atoms with Crippen molar-refractivity contribution >= 4 is 35.1 Å². The molecule has 1 heterocycles. The minimum absolute atomic E-state index is 0.184. The normalized spacial score (nSPS) is 14.4. The fraction of sp³-hybridized carbons (Fsp3) is 0.273. The van der Waals surface area contributed by atoms with Crippen molar-refractivity contribution in [3.63, 3.8) is 0 Å². The van der Waals surface area contributed by atoms with Crippen LogP contribution >= 0.6 is 0 Å². The standard InChI is InChI=1S/C22H22N2O6/c1-3-29-18-10-6-16(7-11-18)23-21(27)14(2)30-22(28)15-4-8-17(9-5-15)24-19(25)12-13-20(24)26/h4-11,14H,3,12-13H2,1-2H3,(H,23,27). The first-order chi connectivity index (χ1) is 14.4. The van der Waals surface area contributed by atoms with Crippen LogP contribution in [-0.2, 0) is 19.1 Å². The van der Waals surface area contributed by atoms with Crippen molar-refractivity contribution in [2.75, 3.05) is 16.8 Å². The van der Waals surface area contributed by atoms with E-state index in [4.69, 9.17) is 9.47 Å². The second kappa shape index (κ2) is 9.21. The molecule has 0 bridgehead atoms. The van der Waals surface area contributed by atoms with E-state index in [9.17, 15) is 19.2 Å². The van der Waals surface area contributed by atoms with Gasteiger partial charge in [-0.2, -0.15) is 0 Å². The maximum Gasteiger partial charge on any atom is 0.338 e. The van der Waals surface area contributed by atoms with Crippen LogP contribution < -0.4 is 15.0 Å². The zero-order chi connectivity index (χ0) is 21.7. The Hall–Kier alpha value is -3.68. The number of hydrogen-bond donors (Lipinski definition) is 1. The van der Waals surface area contributed by atoms with E-state index in [1.165, 1.54) is 31.2 Å². The number of imide groups is 1. The Balaban J connectivity index is 1.57. The van der Waals surface area contributed by atoms with Crippen LogP contribution in [0.15, 0.2) is 48.5 Å². The molecule has 0 spiro atoms. The van der Waals surface area contributed by atoms with Gasteiger partial charge in [0.2, 0.25) is 11.8 Å². The molecule has 3 amide bonds. The van der Waals surface area contributed by atoms with E-state index < -0.39 is 18.0 Å². The maximum absolute atomic E-state index is 12.3. The molecule has 30 heavy (non-hydrogen) atoms. The largest absolute Gasteiger partial charge is 0.494 e. The molecular formula is C22H22N2O6. The molecule has 1 aliphatic rings. The van der Waals surface area contributed by atoms with E-state index in [-0.39, 0.29) is 30.2 Å². The highest BCUT2D eigenvalue weighted by molar-refractivity contribution is 6.19. The van der Waals surface area contributed by atoms with E-state index in [0.29, 0.717) is 23.7 Å². The van der Waals surface area contributed by atoms with Crippen LogP contribution in [-0.4, -0.2) is 36.4 Å². The highest BCUT2D eigenvalue weighted by Gasteiger charge is 2.30. The van der Waals surface area contributed by atoms with Crippen molar-refractivity contribution in [1.82, 2.24) is 0 Å². The highest BCUT2D eigenvalue weighted by atomic mass is 16.5. The zero-order valence-corrected chi connectivity index (χ0v) is 16.7. The fourth-order valence-corrected chi connectivity index (χ4v) is 2.94. The number of nitrogens with zero attached hydrogens (tertiary/aromatic N) is 1. The van der Waals surface area contributed by atoms with Crippen molar-refractivity contribution in [3.8, 4) is 5.75 Å². The minimum Gasteiger partial charge on any atom is -0.494 e. The molecule has 1 atom stereocenters. The molecule has 0 radical (unpaired) electrons. The van der Waals surface area contributed by atoms with Crippen molar-refractivity contribution < 1.29 is 28.7 Å². The zero-order valence-electron chi connectivity index (χ0n) is 16.7. The molecule has 156 valence electrons. The Labute approximate surface area is 173 Å². The molecule has 1 unspecified atom stereocenters. The van der Waals surface area contributed by atoms with Crippen molar-refractivity contribution in [2.45, 2.75) is 32.8 Å². The van der Waals surface area contributed by atoms with Crippen LogP contribution in [0.25, 0.3) is 0 Å². The predicted octanol–water partition coefficient (Wildman–Crippen LogP) is 2.92. The van der Waals surface area contributed by atoms with E-state index in [2.05, 4.69) is 5.32 Å². The van der Waals surface area contributed by atoms with E-state index in [1.54, 1.807) is 24.3 Å². The van der Waals surface area contributed by atoms with Gasteiger partial charge in [-0.05, 0) is 62.4 Å². The number of rotatable bonds is 7. The lowest BCUT2D eigenvalue weighted by atomic mass is 10.2. The molecule has 1 aliphatic heterocycles. The van der Waals surface area contributed by atoms with Gasteiger partial charge in [0.05, 0.1) is 17.9 Å². The third kappa shape index (κ3) is 4.83. The number of esters is 1. The molecule has 1 saturated heterocycles. The monoisotopic (exact) mass is 410 g/mol. The summed E-state index contributed by atoms with van der Waals surface area (Å²) in [6, 6.07) is 12.8. The van der Waals surface area contributed by atoms with Gasteiger partial charge in [0.25, 0.3) is 5.91 Å². The lowest BCUT2D eigenvalue weighted by Crippen LogP contribution is -2.30. The third-order valence-corrected chi connectivity index (χ3v) is 4.50. The second-order valence-electron chi connectivity index (χ2n) is 6.66.